The maximum atomic E-state index is 14.4. The van der Waals surface area contributed by atoms with Gasteiger partial charge in [-0.25, -0.2) is 0 Å². The van der Waals surface area contributed by atoms with Gasteiger partial charge in [0.05, 0.1) is 18.0 Å². The maximum Gasteiger partial charge on any atom is 0.260 e. The number of rotatable bonds is 7. The van der Waals surface area contributed by atoms with Crippen LogP contribution in [0.5, 0.6) is 11.5 Å². The number of nitriles is 1. The number of piperazine rings is 1. The third kappa shape index (κ3) is 5.37. The lowest BCUT2D eigenvalue weighted by atomic mass is 9.94. The van der Waals surface area contributed by atoms with Crippen molar-refractivity contribution in [1.82, 2.24) is 9.80 Å². The second-order valence-electron chi connectivity index (χ2n) is 10.5. The van der Waals surface area contributed by atoms with E-state index >= 15 is 0 Å². The van der Waals surface area contributed by atoms with Gasteiger partial charge in [-0.1, -0.05) is 78.5 Å². The molecule has 0 aliphatic carbocycles. The molecular formula is C32H27N3O6S2. The molecule has 0 radical (unpaired) electrons. The van der Waals surface area contributed by atoms with Crippen LogP contribution in [0.25, 0.3) is 0 Å². The standard InChI is InChI=1S/C32H27N3O6S2/c1-34-30(42-26(36)14-20-8-4-2-5-9-20)29(38)35-28(22-12-13-24-25(16-22)41-19-40-24)23(18-33)17-32(35,31(34)39)43-27(37)15-21-10-6-3-7-11-21/h2-13,16,23,28,30H,14-15,17,19H2,1H3/t23?,28-,30-,32?/m0/s1. The fourth-order valence-corrected chi connectivity index (χ4v) is 8.24. The van der Waals surface area contributed by atoms with Crippen LogP contribution in [0, 0.1) is 17.2 Å². The summed E-state index contributed by atoms with van der Waals surface area (Å²) in [5, 5.41) is 8.57. The molecule has 2 saturated heterocycles. The third-order valence-corrected chi connectivity index (χ3v) is 10.2. The number of amides is 2. The van der Waals surface area contributed by atoms with Gasteiger partial charge in [0.2, 0.25) is 6.79 Å². The Hall–Kier alpha value is -4.27. The first-order valence-electron chi connectivity index (χ1n) is 13.7. The van der Waals surface area contributed by atoms with Crippen LogP contribution < -0.4 is 9.47 Å². The number of fused-ring (bicyclic) bond motifs is 2. The molecule has 3 aliphatic rings. The highest BCUT2D eigenvalue weighted by molar-refractivity contribution is 8.15. The van der Waals surface area contributed by atoms with Crippen molar-refractivity contribution >= 4 is 45.6 Å². The van der Waals surface area contributed by atoms with Crippen LogP contribution in [0.1, 0.15) is 29.2 Å². The Bertz CT molecular complexity index is 1630. The van der Waals surface area contributed by atoms with Crippen LogP contribution in [0.4, 0.5) is 0 Å². The molecule has 6 rings (SSSR count). The van der Waals surface area contributed by atoms with E-state index in [4.69, 9.17) is 9.47 Å². The van der Waals surface area contributed by atoms with E-state index in [1.807, 2.05) is 60.7 Å². The average molecular weight is 614 g/mol. The topological polar surface area (TPSA) is 117 Å². The quantitative estimate of drug-likeness (QED) is 0.384. The minimum Gasteiger partial charge on any atom is -0.454 e. The summed E-state index contributed by atoms with van der Waals surface area (Å²) >= 11 is 1.57. The zero-order chi connectivity index (χ0) is 30.1. The van der Waals surface area contributed by atoms with E-state index in [1.54, 1.807) is 18.2 Å². The number of benzene rings is 3. The van der Waals surface area contributed by atoms with Crippen molar-refractivity contribution in [3.8, 4) is 17.6 Å². The van der Waals surface area contributed by atoms with Crippen molar-refractivity contribution in [3.05, 3.63) is 95.6 Å². The van der Waals surface area contributed by atoms with Gasteiger partial charge in [-0.2, -0.15) is 5.26 Å². The molecule has 3 aliphatic heterocycles. The van der Waals surface area contributed by atoms with Crippen molar-refractivity contribution in [1.29, 1.82) is 5.26 Å². The Labute approximate surface area is 257 Å². The second kappa shape index (κ2) is 11.8. The van der Waals surface area contributed by atoms with Crippen LogP contribution in [0.15, 0.2) is 78.9 Å². The molecular weight excluding hydrogens is 587 g/mol. The first-order chi connectivity index (χ1) is 20.8. The molecule has 43 heavy (non-hydrogen) atoms. The Morgan fingerprint density at radius 1 is 0.930 bits per heavy atom. The molecule has 2 unspecified atom stereocenters. The Morgan fingerprint density at radius 3 is 2.21 bits per heavy atom. The largest absolute Gasteiger partial charge is 0.454 e. The fourth-order valence-electron chi connectivity index (χ4n) is 5.86. The number of hydrogen-bond acceptors (Lipinski definition) is 9. The molecule has 2 fully saturated rings. The molecule has 0 bridgehead atoms. The Balaban J connectivity index is 1.37. The molecule has 3 aromatic rings. The van der Waals surface area contributed by atoms with E-state index in [2.05, 4.69) is 6.07 Å². The van der Waals surface area contributed by atoms with Gasteiger partial charge in [-0.3, -0.25) is 19.2 Å². The highest BCUT2D eigenvalue weighted by Gasteiger charge is 2.65. The van der Waals surface area contributed by atoms with E-state index < -0.39 is 34.0 Å². The lowest BCUT2D eigenvalue weighted by molar-refractivity contribution is -0.158. The molecule has 3 aromatic carbocycles. The van der Waals surface area contributed by atoms with Crippen LogP contribution >= 0.6 is 23.5 Å². The van der Waals surface area contributed by atoms with Gasteiger partial charge in [-0.05, 0) is 40.6 Å². The average Bonchev–Trinajstić information content (AvgIpc) is 3.62. The molecule has 218 valence electrons. The Morgan fingerprint density at radius 2 is 1.56 bits per heavy atom. The number of carbonyl (C=O) groups excluding carboxylic acids is 4. The van der Waals surface area contributed by atoms with Gasteiger partial charge in [0.1, 0.15) is 0 Å². The zero-order valence-electron chi connectivity index (χ0n) is 23.2. The highest BCUT2D eigenvalue weighted by Crippen LogP contribution is 2.56. The summed E-state index contributed by atoms with van der Waals surface area (Å²) in [4.78, 5) is 56.4. The maximum absolute atomic E-state index is 14.4. The van der Waals surface area contributed by atoms with Gasteiger partial charge in [0, 0.05) is 26.3 Å². The number of nitrogens with zero attached hydrogens (tertiary/aromatic N) is 3. The third-order valence-electron chi connectivity index (χ3n) is 7.81. The normalized spacial score (nSPS) is 24.0. The van der Waals surface area contributed by atoms with Crippen LogP contribution in [0.2, 0.25) is 0 Å². The SMILES string of the molecule is CN1C(=O)C2(SC(=O)Cc3ccccc3)CC(C#N)[C@H](c3ccc4c(c3)OCO4)N2C(=O)[C@@H]1SC(=O)Cc1ccccc1. The molecule has 0 spiro atoms. The predicted octanol–water partition coefficient (Wildman–Crippen LogP) is 4.33. The lowest BCUT2D eigenvalue weighted by Gasteiger charge is -2.48. The van der Waals surface area contributed by atoms with Gasteiger partial charge in [0.25, 0.3) is 11.8 Å². The monoisotopic (exact) mass is 613 g/mol. The number of likely N-dealkylation sites (N-methyl/N-ethyl adjacent to an activating group) is 1. The summed E-state index contributed by atoms with van der Waals surface area (Å²) in [5.74, 6) is -0.797. The molecule has 0 saturated carbocycles. The first-order valence-corrected chi connectivity index (χ1v) is 15.4. The van der Waals surface area contributed by atoms with Crippen molar-refractivity contribution in [2.75, 3.05) is 13.8 Å². The van der Waals surface area contributed by atoms with E-state index in [0.29, 0.717) is 17.1 Å². The minimum atomic E-state index is -1.65. The summed E-state index contributed by atoms with van der Waals surface area (Å²) < 4.78 is 11.0. The molecule has 0 aromatic heterocycles. The first kappa shape index (κ1) is 28.8. The fraction of sp³-hybridized carbons (Fsp3) is 0.281. The van der Waals surface area contributed by atoms with Crippen molar-refractivity contribution in [2.24, 2.45) is 5.92 Å². The van der Waals surface area contributed by atoms with E-state index in [0.717, 1.165) is 34.7 Å². The van der Waals surface area contributed by atoms with E-state index in [-0.39, 0.29) is 36.3 Å². The number of thioether (sulfide) groups is 2. The predicted molar refractivity (Wildman–Crippen MR) is 161 cm³/mol. The second-order valence-corrected chi connectivity index (χ2v) is 13.0. The summed E-state index contributed by atoms with van der Waals surface area (Å²) in [7, 11) is 1.48. The van der Waals surface area contributed by atoms with Crippen molar-refractivity contribution < 1.29 is 28.7 Å². The lowest BCUT2D eigenvalue weighted by Crippen LogP contribution is -2.67. The number of ether oxygens (including phenoxy) is 2. The van der Waals surface area contributed by atoms with Crippen molar-refractivity contribution in [3.63, 3.8) is 0 Å². The minimum absolute atomic E-state index is 0.0436. The van der Waals surface area contributed by atoms with Crippen molar-refractivity contribution in [2.45, 2.75) is 35.5 Å². The smallest absolute Gasteiger partial charge is 0.260 e. The molecule has 3 heterocycles. The van der Waals surface area contributed by atoms with Gasteiger partial charge >= 0.3 is 0 Å². The molecule has 0 N–H and O–H groups in total. The summed E-state index contributed by atoms with van der Waals surface area (Å²) in [6, 6.07) is 24.9. The van der Waals surface area contributed by atoms with Gasteiger partial charge in [-0.15, -0.1) is 0 Å². The van der Waals surface area contributed by atoms with Gasteiger partial charge < -0.3 is 19.3 Å². The Kier molecular flexibility index (Phi) is 7.90. The summed E-state index contributed by atoms with van der Waals surface area (Å²) in [5.41, 5.74) is 2.14. The van der Waals surface area contributed by atoms with Gasteiger partial charge in [0.15, 0.2) is 32.0 Å². The summed E-state index contributed by atoms with van der Waals surface area (Å²) in [6.45, 7) is 0.0487. The van der Waals surface area contributed by atoms with Crippen LogP contribution in [0.3, 0.4) is 0 Å². The molecule has 11 heteroatoms. The van der Waals surface area contributed by atoms with E-state index in [1.165, 1.54) is 16.8 Å². The molecule has 2 amide bonds. The summed E-state index contributed by atoms with van der Waals surface area (Å²) in [6.07, 6.45) is 0.0865. The number of hydrogen-bond donors (Lipinski definition) is 0. The van der Waals surface area contributed by atoms with Crippen LogP contribution in [-0.2, 0) is 32.0 Å². The van der Waals surface area contributed by atoms with E-state index in [9.17, 15) is 24.4 Å². The number of carbonyl (C=O) groups is 4. The molecule has 9 nitrogen and oxygen atoms in total. The highest BCUT2D eigenvalue weighted by atomic mass is 32.2. The van der Waals surface area contributed by atoms with Crippen LogP contribution in [-0.4, -0.2) is 55.9 Å². The zero-order valence-corrected chi connectivity index (χ0v) is 24.8. The molecule has 4 atom stereocenters.